The summed E-state index contributed by atoms with van der Waals surface area (Å²) in [6.45, 7) is 7.91. The Hall–Kier alpha value is -1.68. The predicted molar refractivity (Wildman–Crippen MR) is 85.1 cm³/mol. The van der Waals surface area contributed by atoms with E-state index in [0.717, 1.165) is 30.8 Å². The van der Waals surface area contributed by atoms with E-state index in [1.54, 1.807) is 0 Å². The predicted octanol–water partition coefficient (Wildman–Crippen LogP) is 3.79. The normalized spacial score (nSPS) is 11.2. The summed E-state index contributed by atoms with van der Waals surface area (Å²) in [5.41, 5.74) is 1.01. The highest BCUT2D eigenvalue weighted by Crippen LogP contribution is 2.15. The Kier molecular flexibility index (Phi) is 6.41. The number of hydrogen-bond acceptors (Lipinski definition) is 4. The number of rotatable bonds is 9. The standard InChI is InChI=1S/C17H25N3O/c1-3-12-20(13-4-2)14-8-11-16-18-17(19-21-16)15-9-6-5-7-10-15/h5-7,9-10H,3-4,8,11-14H2,1-2H3. The zero-order valence-corrected chi connectivity index (χ0v) is 13.1. The summed E-state index contributed by atoms with van der Waals surface area (Å²) < 4.78 is 5.34. The molecule has 0 N–H and O–H groups in total. The van der Waals surface area contributed by atoms with Crippen molar-refractivity contribution in [2.45, 2.75) is 39.5 Å². The van der Waals surface area contributed by atoms with Gasteiger partial charge in [-0.15, -0.1) is 0 Å². The van der Waals surface area contributed by atoms with Crippen molar-refractivity contribution in [1.29, 1.82) is 0 Å². The van der Waals surface area contributed by atoms with Crippen molar-refractivity contribution < 1.29 is 4.52 Å². The summed E-state index contributed by atoms with van der Waals surface area (Å²) in [5, 5.41) is 4.06. The van der Waals surface area contributed by atoms with Gasteiger partial charge in [-0.05, 0) is 38.9 Å². The van der Waals surface area contributed by atoms with Crippen LogP contribution in [0.25, 0.3) is 11.4 Å². The quantitative estimate of drug-likeness (QED) is 0.703. The maximum Gasteiger partial charge on any atom is 0.227 e. The third-order valence-corrected chi connectivity index (χ3v) is 3.44. The van der Waals surface area contributed by atoms with Crippen molar-refractivity contribution in [3.8, 4) is 11.4 Å². The van der Waals surface area contributed by atoms with Gasteiger partial charge in [0.05, 0.1) is 0 Å². The summed E-state index contributed by atoms with van der Waals surface area (Å²) in [6, 6.07) is 9.95. The van der Waals surface area contributed by atoms with Crippen LogP contribution < -0.4 is 0 Å². The molecule has 0 unspecified atom stereocenters. The van der Waals surface area contributed by atoms with Crippen molar-refractivity contribution >= 4 is 0 Å². The third-order valence-electron chi connectivity index (χ3n) is 3.44. The van der Waals surface area contributed by atoms with Crippen LogP contribution >= 0.6 is 0 Å². The van der Waals surface area contributed by atoms with Crippen LogP contribution in [0.15, 0.2) is 34.9 Å². The fourth-order valence-electron chi connectivity index (χ4n) is 2.48. The topological polar surface area (TPSA) is 42.2 Å². The van der Waals surface area contributed by atoms with Gasteiger partial charge in [-0.1, -0.05) is 49.3 Å². The molecule has 114 valence electrons. The van der Waals surface area contributed by atoms with E-state index in [4.69, 9.17) is 4.52 Å². The van der Waals surface area contributed by atoms with Crippen LogP contribution in [0.5, 0.6) is 0 Å². The van der Waals surface area contributed by atoms with Gasteiger partial charge in [-0.2, -0.15) is 4.98 Å². The van der Waals surface area contributed by atoms with Crippen LogP contribution in [-0.2, 0) is 6.42 Å². The molecule has 0 spiro atoms. The molecule has 2 rings (SSSR count). The molecule has 0 atom stereocenters. The van der Waals surface area contributed by atoms with Crippen molar-refractivity contribution in [1.82, 2.24) is 15.0 Å². The van der Waals surface area contributed by atoms with E-state index < -0.39 is 0 Å². The molecule has 0 saturated carbocycles. The SMILES string of the molecule is CCCN(CCC)CCCc1nc(-c2ccccc2)no1. The molecule has 21 heavy (non-hydrogen) atoms. The Morgan fingerprint density at radius 3 is 2.38 bits per heavy atom. The second kappa shape index (κ2) is 8.57. The zero-order valence-electron chi connectivity index (χ0n) is 13.1. The summed E-state index contributed by atoms with van der Waals surface area (Å²) in [7, 11) is 0. The van der Waals surface area contributed by atoms with E-state index in [-0.39, 0.29) is 0 Å². The number of aryl methyl sites for hydroxylation is 1. The highest BCUT2D eigenvalue weighted by molar-refractivity contribution is 5.53. The van der Waals surface area contributed by atoms with Crippen molar-refractivity contribution in [3.05, 3.63) is 36.2 Å². The first-order chi connectivity index (χ1) is 10.3. The second-order valence-corrected chi connectivity index (χ2v) is 5.32. The van der Waals surface area contributed by atoms with E-state index in [2.05, 4.69) is 28.9 Å². The van der Waals surface area contributed by atoms with Gasteiger partial charge >= 0.3 is 0 Å². The van der Waals surface area contributed by atoms with Crippen molar-refractivity contribution in [2.75, 3.05) is 19.6 Å². The van der Waals surface area contributed by atoms with Gasteiger partial charge < -0.3 is 9.42 Å². The van der Waals surface area contributed by atoms with Gasteiger partial charge in [-0.3, -0.25) is 0 Å². The van der Waals surface area contributed by atoms with E-state index in [9.17, 15) is 0 Å². The average molecular weight is 287 g/mol. The molecule has 0 saturated heterocycles. The molecule has 4 heteroatoms. The van der Waals surface area contributed by atoms with Crippen LogP contribution in [0.4, 0.5) is 0 Å². The Morgan fingerprint density at radius 2 is 1.71 bits per heavy atom. The summed E-state index contributed by atoms with van der Waals surface area (Å²) in [6.07, 6.45) is 4.33. The van der Waals surface area contributed by atoms with Gasteiger partial charge in [0.2, 0.25) is 11.7 Å². The van der Waals surface area contributed by atoms with E-state index in [1.165, 1.54) is 25.9 Å². The lowest BCUT2D eigenvalue weighted by atomic mass is 10.2. The first-order valence-electron chi connectivity index (χ1n) is 7.93. The smallest absolute Gasteiger partial charge is 0.227 e. The van der Waals surface area contributed by atoms with Gasteiger partial charge in [0, 0.05) is 12.0 Å². The average Bonchev–Trinajstić information content (AvgIpc) is 2.97. The minimum absolute atomic E-state index is 0.685. The van der Waals surface area contributed by atoms with Crippen LogP contribution in [-0.4, -0.2) is 34.7 Å². The zero-order chi connectivity index (χ0) is 14.9. The Bertz CT molecular complexity index is 504. The molecule has 0 radical (unpaired) electrons. The fraction of sp³-hybridized carbons (Fsp3) is 0.529. The molecular formula is C17H25N3O. The molecule has 4 nitrogen and oxygen atoms in total. The molecular weight excluding hydrogens is 262 g/mol. The Balaban J connectivity index is 1.83. The molecule has 1 aromatic carbocycles. The van der Waals surface area contributed by atoms with E-state index >= 15 is 0 Å². The van der Waals surface area contributed by atoms with Gasteiger partial charge in [0.15, 0.2) is 0 Å². The van der Waals surface area contributed by atoms with Crippen LogP contribution in [0.3, 0.4) is 0 Å². The monoisotopic (exact) mass is 287 g/mol. The summed E-state index contributed by atoms with van der Waals surface area (Å²) >= 11 is 0. The lowest BCUT2D eigenvalue weighted by Crippen LogP contribution is -2.26. The molecule has 0 aliphatic rings. The van der Waals surface area contributed by atoms with Crippen molar-refractivity contribution in [3.63, 3.8) is 0 Å². The lowest BCUT2D eigenvalue weighted by molar-refractivity contribution is 0.266. The maximum atomic E-state index is 5.34. The largest absolute Gasteiger partial charge is 0.339 e. The van der Waals surface area contributed by atoms with E-state index in [0.29, 0.717) is 5.82 Å². The van der Waals surface area contributed by atoms with Crippen molar-refractivity contribution in [2.24, 2.45) is 0 Å². The molecule has 0 fully saturated rings. The minimum Gasteiger partial charge on any atom is -0.339 e. The maximum absolute atomic E-state index is 5.34. The summed E-state index contributed by atoms with van der Waals surface area (Å²) in [4.78, 5) is 6.98. The number of hydrogen-bond donors (Lipinski definition) is 0. The first-order valence-corrected chi connectivity index (χ1v) is 7.93. The number of nitrogens with zero attached hydrogens (tertiary/aromatic N) is 3. The second-order valence-electron chi connectivity index (χ2n) is 5.32. The highest BCUT2D eigenvalue weighted by Gasteiger charge is 2.09. The molecule has 0 amide bonds. The highest BCUT2D eigenvalue weighted by atomic mass is 16.5. The molecule has 2 aromatic rings. The van der Waals surface area contributed by atoms with Gasteiger partial charge in [0.25, 0.3) is 0 Å². The van der Waals surface area contributed by atoms with Crippen LogP contribution in [0.1, 0.15) is 39.0 Å². The molecule has 0 aliphatic heterocycles. The fourth-order valence-corrected chi connectivity index (χ4v) is 2.48. The first kappa shape index (κ1) is 15.7. The Morgan fingerprint density at radius 1 is 1.00 bits per heavy atom. The van der Waals surface area contributed by atoms with Gasteiger partial charge in [-0.25, -0.2) is 0 Å². The summed E-state index contributed by atoms with van der Waals surface area (Å²) in [5.74, 6) is 1.42. The number of aromatic nitrogens is 2. The number of benzene rings is 1. The molecule has 0 bridgehead atoms. The van der Waals surface area contributed by atoms with Crippen LogP contribution in [0, 0.1) is 0 Å². The van der Waals surface area contributed by atoms with E-state index in [1.807, 2.05) is 30.3 Å². The minimum atomic E-state index is 0.685. The lowest BCUT2D eigenvalue weighted by Gasteiger charge is -2.20. The Labute approximate surface area is 127 Å². The molecule has 1 heterocycles. The van der Waals surface area contributed by atoms with Crippen LogP contribution in [0.2, 0.25) is 0 Å². The van der Waals surface area contributed by atoms with Gasteiger partial charge in [0.1, 0.15) is 0 Å². The third kappa shape index (κ3) is 4.97. The molecule has 0 aliphatic carbocycles. The molecule has 1 aromatic heterocycles.